The molecule has 1 saturated heterocycles. The second-order valence-corrected chi connectivity index (χ2v) is 5.04. The molecular weight excluding hydrogens is 176 g/mol. The molecule has 0 aromatic rings. The first kappa shape index (κ1) is 12.0. The van der Waals surface area contributed by atoms with Crippen LogP contribution in [0.4, 0.5) is 0 Å². The van der Waals surface area contributed by atoms with Crippen molar-refractivity contribution in [1.29, 1.82) is 0 Å². The highest BCUT2D eigenvalue weighted by Crippen LogP contribution is 2.24. The number of aliphatic hydroxyl groups is 1. The zero-order chi connectivity index (χ0) is 10.8. The molecule has 1 rings (SSSR count). The third-order valence-electron chi connectivity index (χ3n) is 3.07. The van der Waals surface area contributed by atoms with E-state index in [9.17, 15) is 5.11 Å². The van der Waals surface area contributed by atoms with Crippen molar-refractivity contribution in [3.8, 4) is 0 Å². The number of hydrogen-bond donors (Lipinski definition) is 1. The summed E-state index contributed by atoms with van der Waals surface area (Å²) in [6, 6.07) is 0.309. The molecule has 0 aromatic carbocycles. The number of nitrogens with zero attached hydrogens (tertiary/aromatic N) is 2. The fourth-order valence-corrected chi connectivity index (χ4v) is 2.65. The van der Waals surface area contributed by atoms with E-state index in [2.05, 4.69) is 37.6 Å². The molecule has 1 atom stereocenters. The molecule has 84 valence electrons. The number of aliphatic hydroxyl groups excluding tert-OH is 1. The molecule has 1 fully saturated rings. The van der Waals surface area contributed by atoms with Gasteiger partial charge < -0.3 is 10.0 Å². The van der Waals surface area contributed by atoms with Gasteiger partial charge in [0, 0.05) is 24.7 Å². The van der Waals surface area contributed by atoms with E-state index in [-0.39, 0.29) is 12.1 Å². The van der Waals surface area contributed by atoms with Crippen molar-refractivity contribution >= 4 is 0 Å². The summed E-state index contributed by atoms with van der Waals surface area (Å²) in [6.45, 7) is 10.2. The number of rotatable bonds is 3. The van der Waals surface area contributed by atoms with Crippen molar-refractivity contribution in [2.75, 3.05) is 33.3 Å². The summed E-state index contributed by atoms with van der Waals surface area (Å²) in [5.41, 5.74) is 0.191. The van der Waals surface area contributed by atoms with Gasteiger partial charge in [0.1, 0.15) is 0 Å². The fourth-order valence-electron chi connectivity index (χ4n) is 2.65. The Kier molecular flexibility index (Phi) is 3.93. The minimum atomic E-state index is 0.191. The Labute approximate surface area is 87.7 Å². The van der Waals surface area contributed by atoms with Crippen molar-refractivity contribution in [3.63, 3.8) is 0 Å². The van der Waals surface area contributed by atoms with Crippen LogP contribution in [-0.2, 0) is 0 Å². The molecule has 1 heterocycles. The molecule has 1 aliphatic rings. The van der Waals surface area contributed by atoms with E-state index in [1.54, 1.807) is 0 Å². The van der Waals surface area contributed by atoms with Gasteiger partial charge in [-0.1, -0.05) is 6.92 Å². The van der Waals surface area contributed by atoms with Crippen LogP contribution in [0.25, 0.3) is 0 Å². The minimum absolute atomic E-state index is 0.191. The van der Waals surface area contributed by atoms with E-state index in [4.69, 9.17) is 0 Å². The zero-order valence-electron chi connectivity index (χ0n) is 9.95. The van der Waals surface area contributed by atoms with Crippen LogP contribution in [0.2, 0.25) is 0 Å². The average Bonchev–Trinajstić information content (AvgIpc) is 2.08. The third kappa shape index (κ3) is 2.47. The van der Waals surface area contributed by atoms with E-state index >= 15 is 0 Å². The average molecular weight is 200 g/mol. The Balaban J connectivity index is 2.73. The summed E-state index contributed by atoms with van der Waals surface area (Å²) in [6.07, 6.45) is 1.16. The van der Waals surface area contributed by atoms with Crippen molar-refractivity contribution < 1.29 is 5.11 Å². The summed E-state index contributed by atoms with van der Waals surface area (Å²) >= 11 is 0. The predicted molar refractivity (Wildman–Crippen MR) is 59.4 cm³/mol. The van der Waals surface area contributed by atoms with E-state index in [0.717, 1.165) is 26.1 Å². The van der Waals surface area contributed by atoms with Gasteiger partial charge in [-0.2, -0.15) is 0 Å². The lowest BCUT2D eigenvalue weighted by atomic mass is 9.95. The Morgan fingerprint density at radius 1 is 1.43 bits per heavy atom. The summed E-state index contributed by atoms with van der Waals surface area (Å²) < 4.78 is 0. The van der Waals surface area contributed by atoms with Crippen LogP contribution in [0.15, 0.2) is 0 Å². The molecule has 1 N–H and O–H groups in total. The van der Waals surface area contributed by atoms with E-state index in [0.29, 0.717) is 6.04 Å². The molecule has 1 unspecified atom stereocenters. The smallest absolute Gasteiger partial charge is 0.0599 e. The summed E-state index contributed by atoms with van der Waals surface area (Å²) in [5.74, 6) is 0. The first-order chi connectivity index (χ1) is 6.51. The highest BCUT2D eigenvalue weighted by atomic mass is 16.3. The molecule has 0 bridgehead atoms. The van der Waals surface area contributed by atoms with Gasteiger partial charge in [0.05, 0.1) is 6.61 Å². The molecule has 0 aromatic heterocycles. The topological polar surface area (TPSA) is 26.7 Å². The summed E-state index contributed by atoms with van der Waals surface area (Å²) in [5, 5.41) is 9.37. The number of likely N-dealkylation sites (N-methyl/N-ethyl adjacent to an activating group) is 1. The lowest BCUT2D eigenvalue weighted by Gasteiger charge is -2.50. The van der Waals surface area contributed by atoms with Gasteiger partial charge in [-0.15, -0.1) is 0 Å². The quantitative estimate of drug-likeness (QED) is 0.729. The highest BCUT2D eigenvalue weighted by Gasteiger charge is 2.37. The molecule has 3 nitrogen and oxygen atoms in total. The Morgan fingerprint density at radius 2 is 2.07 bits per heavy atom. The van der Waals surface area contributed by atoms with Crippen molar-refractivity contribution in [1.82, 2.24) is 9.80 Å². The first-order valence-electron chi connectivity index (χ1n) is 5.57. The zero-order valence-corrected chi connectivity index (χ0v) is 9.95. The SMILES string of the molecule is CCCN1C(CO)CN(C)CC1(C)C. The van der Waals surface area contributed by atoms with Gasteiger partial charge in [-0.25, -0.2) is 0 Å². The van der Waals surface area contributed by atoms with Crippen LogP contribution in [0, 0.1) is 0 Å². The molecule has 3 heteroatoms. The van der Waals surface area contributed by atoms with Gasteiger partial charge in [0.2, 0.25) is 0 Å². The standard InChI is InChI=1S/C11H24N2O/c1-5-6-13-10(8-14)7-12(4)9-11(13,2)3/h10,14H,5-9H2,1-4H3. The second-order valence-electron chi connectivity index (χ2n) is 5.04. The molecule has 0 saturated carbocycles. The third-order valence-corrected chi connectivity index (χ3v) is 3.07. The van der Waals surface area contributed by atoms with Crippen molar-refractivity contribution in [2.24, 2.45) is 0 Å². The summed E-state index contributed by atoms with van der Waals surface area (Å²) in [4.78, 5) is 4.76. The molecule has 14 heavy (non-hydrogen) atoms. The van der Waals surface area contributed by atoms with Gasteiger partial charge in [-0.05, 0) is 33.9 Å². The Morgan fingerprint density at radius 3 is 2.57 bits per heavy atom. The molecule has 1 aliphatic heterocycles. The predicted octanol–water partition coefficient (Wildman–Crippen LogP) is 0.783. The molecule has 0 radical (unpaired) electrons. The molecule has 0 spiro atoms. The maximum atomic E-state index is 9.37. The van der Waals surface area contributed by atoms with Crippen LogP contribution >= 0.6 is 0 Å². The highest BCUT2D eigenvalue weighted by molar-refractivity contribution is 4.94. The Hall–Kier alpha value is -0.120. The maximum absolute atomic E-state index is 9.37. The van der Waals surface area contributed by atoms with Gasteiger partial charge in [-0.3, -0.25) is 4.90 Å². The maximum Gasteiger partial charge on any atom is 0.0599 e. The minimum Gasteiger partial charge on any atom is -0.395 e. The van der Waals surface area contributed by atoms with E-state index in [1.807, 2.05) is 0 Å². The van der Waals surface area contributed by atoms with Crippen LogP contribution in [0.3, 0.4) is 0 Å². The second kappa shape index (κ2) is 4.60. The monoisotopic (exact) mass is 200 g/mol. The molecule has 0 aliphatic carbocycles. The normalized spacial score (nSPS) is 29.4. The summed E-state index contributed by atoms with van der Waals surface area (Å²) in [7, 11) is 2.13. The fraction of sp³-hybridized carbons (Fsp3) is 1.00. The van der Waals surface area contributed by atoms with Crippen LogP contribution in [0.1, 0.15) is 27.2 Å². The number of hydrogen-bond acceptors (Lipinski definition) is 3. The Bertz CT molecular complexity index is 182. The van der Waals surface area contributed by atoms with Crippen LogP contribution in [0.5, 0.6) is 0 Å². The van der Waals surface area contributed by atoms with E-state index in [1.165, 1.54) is 0 Å². The van der Waals surface area contributed by atoms with E-state index < -0.39 is 0 Å². The van der Waals surface area contributed by atoms with Crippen molar-refractivity contribution in [2.45, 2.75) is 38.8 Å². The largest absolute Gasteiger partial charge is 0.395 e. The lowest BCUT2D eigenvalue weighted by Crippen LogP contribution is -2.64. The van der Waals surface area contributed by atoms with Gasteiger partial charge in [0.15, 0.2) is 0 Å². The molecule has 0 amide bonds. The van der Waals surface area contributed by atoms with Crippen molar-refractivity contribution in [3.05, 3.63) is 0 Å². The van der Waals surface area contributed by atoms with Crippen LogP contribution in [-0.4, -0.2) is 59.8 Å². The van der Waals surface area contributed by atoms with Gasteiger partial charge in [0.25, 0.3) is 0 Å². The first-order valence-corrected chi connectivity index (χ1v) is 5.57. The van der Waals surface area contributed by atoms with Gasteiger partial charge >= 0.3 is 0 Å². The molecular formula is C11H24N2O. The van der Waals surface area contributed by atoms with Crippen LogP contribution < -0.4 is 0 Å². The number of piperazine rings is 1. The lowest BCUT2D eigenvalue weighted by molar-refractivity contribution is -0.0356.